The maximum Gasteiger partial charge on any atom is 0.191 e. The van der Waals surface area contributed by atoms with Crippen LogP contribution in [0.4, 0.5) is 0 Å². The van der Waals surface area contributed by atoms with Gasteiger partial charge >= 0.3 is 0 Å². The minimum Gasteiger partial charge on any atom is -0.379 e. The Kier molecular flexibility index (Phi) is 10.2. The molecule has 2 saturated heterocycles. The lowest BCUT2D eigenvalue weighted by Gasteiger charge is -2.28. The van der Waals surface area contributed by atoms with Crippen LogP contribution in [0.25, 0.3) is 0 Å². The Labute approximate surface area is 152 Å². The summed E-state index contributed by atoms with van der Waals surface area (Å²) in [6.45, 7) is 14.2. The van der Waals surface area contributed by atoms with Crippen LogP contribution in [-0.2, 0) is 14.2 Å². The fourth-order valence-corrected chi connectivity index (χ4v) is 3.04. The normalized spacial score (nSPS) is 23.6. The summed E-state index contributed by atoms with van der Waals surface area (Å²) in [5.74, 6) is 1.44. The van der Waals surface area contributed by atoms with Gasteiger partial charge in [-0.15, -0.1) is 0 Å². The van der Waals surface area contributed by atoms with E-state index in [0.717, 1.165) is 91.1 Å². The third kappa shape index (κ3) is 8.85. The lowest BCUT2D eigenvalue weighted by atomic mass is 10.1. The maximum atomic E-state index is 5.79. The second-order valence-electron chi connectivity index (χ2n) is 6.87. The number of morpholine rings is 1. The summed E-state index contributed by atoms with van der Waals surface area (Å²) in [4.78, 5) is 7.20. The van der Waals surface area contributed by atoms with Gasteiger partial charge in [0.2, 0.25) is 0 Å². The molecule has 2 rings (SSSR count). The highest BCUT2D eigenvalue weighted by Crippen LogP contribution is 2.08. The molecule has 0 spiro atoms. The molecule has 0 saturated carbocycles. The molecule has 7 heteroatoms. The van der Waals surface area contributed by atoms with Crippen molar-refractivity contribution in [3.8, 4) is 0 Å². The van der Waals surface area contributed by atoms with E-state index in [1.54, 1.807) is 0 Å². The van der Waals surface area contributed by atoms with Gasteiger partial charge in [0.25, 0.3) is 0 Å². The maximum absolute atomic E-state index is 5.79. The first-order valence-electron chi connectivity index (χ1n) is 9.79. The fourth-order valence-electron chi connectivity index (χ4n) is 3.04. The van der Waals surface area contributed by atoms with Crippen molar-refractivity contribution >= 4 is 5.96 Å². The predicted molar refractivity (Wildman–Crippen MR) is 100 cm³/mol. The molecular weight excluding hydrogens is 320 g/mol. The summed E-state index contributed by atoms with van der Waals surface area (Å²) in [6.07, 6.45) is 2.30. The zero-order valence-corrected chi connectivity index (χ0v) is 16.0. The SMILES string of the molecule is CCNC(=NCC(C)CN1CCOCC1)NCCCOC1CCOC1. The van der Waals surface area contributed by atoms with E-state index in [-0.39, 0.29) is 0 Å². The van der Waals surface area contributed by atoms with E-state index in [9.17, 15) is 0 Å². The zero-order valence-electron chi connectivity index (χ0n) is 16.0. The first-order valence-corrected chi connectivity index (χ1v) is 9.79. The molecule has 0 aromatic rings. The van der Waals surface area contributed by atoms with Gasteiger partial charge in [-0.1, -0.05) is 6.92 Å². The Morgan fingerprint density at radius 1 is 1.24 bits per heavy atom. The van der Waals surface area contributed by atoms with Gasteiger partial charge < -0.3 is 24.8 Å². The molecular formula is C18H36N4O3. The molecule has 2 unspecified atom stereocenters. The van der Waals surface area contributed by atoms with Gasteiger partial charge in [0.1, 0.15) is 0 Å². The van der Waals surface area contributed by atoms with E-state index in [4.69, 9.17) is 19.2 Å². The second-order valence-corrected chi connectivity index (χ2v) is 6.87. The number of hydrogen-bond donors (Lipinski definition) is 2. The molecule has 2 heterocycles. The van der Waals surface area contributed by atoms with Crippen molar-refractivity contribution in [2.24, 2.45) is 10.9 Å². The summed E-state index contributed by atoms with van der Waals surface area (Å²) in [5.41, 5.74) is 0. The van der Waals surface area contributed by atoms with Crippen LogP contribution >= 0.6 is 0 Å². The molecule has 2 fully saturated rings. The zero-order chi connectivity index (χ0) is 17.7. The molecule has 0 radical (unpaired) electrons. The lowest BCUT2D eigenvalue weighted by Crippen LogP contribution is -2.40. The molecule has 0 bridgehead atoms. The number of aliphatic imine (C=N–C) groups is 1. The molecule has 0 aromatic carbocycles. The third-order valence-corrected chi connectivity index (χ3v) is 4.43. The largest absolute Gasteiger partial charge is 0.379 e. The predicted octanol–water partition coefficient (Wildman–Crippen LogP) is 0.705. The van der Waals surface area contributed by atoms with Crippen LogP contribution in [0.15, 0.2) is 4.99 Å². The quantitative estimate of drug-likeness (QED) is 0.341. The molecule has 2 aliphatic rings. The van der Waals surface area contributed by atoms with Crippen molar-refractivity contribution in [3.05, 3.63) is 0 Å². The van der Waals surface area contributed by atoms with Crippen molar-refractivity contribution in [1.29, 1.82) is 0 Å². The number of guanidine groups is 1. The minimum atomic E-state index is 0.294. The van der Waals surface area contributed by atoms with Crippen molar-refractivity contribution < 1.29 is 14.2 Å². The first-order chi connectivity index (χ1) is 12.3. The second kappa shape index (κ2) is 12.5. The van der Waals surface area contributed by atoms with Crippen LogP contribution in [-0.4, -0.2) is 89.3 Å². The van der Waals surface area contributed by atoms with Crippen molar-refractivity contribution in [2.45, 2.75) is 32.8 Å². The minimum absolute atomic E-state index is 0.294. The Morgan fingerprint density at radius 2 is 2.08 bits per heavy atom. The summed E-state index contributed by atoms with van der Waals surface area (Å²) < 4.78 is 16.5. The molecule has 2 aliphatic heterocycles. The molecule has 25 heavy (non-hydrogen) atoms. The topological polar surface area (TPSA) is 67.4 Å². The van der Waals surface area contributed by atoms with Gasteiger partial charge in [0.05, 0.1) is 25.9 Å². The van der Waals surface area contributed by atoms with E-state index >= 15 is 0 Å². The van der Waals surface area contributed by atoms with Crippen LogP contribution < -0.4 is 10.6 Å². The van der Waals surface area contributed by atoms with E-state index in [2.05, 4.69) is 29.4 Å². The average Bonchev–Trinajstić information content (AvgIpc) is 3.13. The van der Waals surface area contributed by atoms with Gasteiger partial charge in [0.15, 0.2) is 5.96 Å². The Balaban J connectivity index is 1.59. The monoisotopic (exact) mass is 356 g/mol. The number of rotatable bonds is 10. The van der Waals surface area contributed by atoms with Gasteiger partial charge in [0, 0.05) is 52.5 Å². The summed E-state index contributed by atoms with van der Waals surface area (Å²) >= 11 is 0. The average molecular weight is 357 g/mol. The summed E-state index contributed by atoms with van der Waals surface area (Å²) in [7, 11) is 0. The van der Waals surface area contributed by atoms with E-state index < -0.39 is 0 Å². The summed E-state index contributed by atoms with van der Waals surface area (Å²) in [5, 5.41) is 6.72. The molecule has 2 N–H and O–H groups in total. The highest BCUT2D eigenvalue weighted by molar-refractivity contribution is 5.79. The van der Waals surface area contributed by atoms with Crippen molar-refractivity contribution in [3.63, 3.8) is 0 Å². The Bertz CT molecular complexity index is 369. The first kappa shape index (κ1) is 20.4. The molecule has 0 amide bonds. The standard InChI is InChI=1S/C18H36N4O3/c1-3-19-18(20-6-4-9-25-17-5-10-24-15-17)21-13-16(2)14-22-7-11-23-12-8-22/h16-17H,3-15H2,1-2H3,(H2,19,20,21). The van der Waals surface area contributed by atoms with Gasteiger partial charge in [-0.3, -0.25) is 9.89 Å². The molecule has 2 atom stereocenters. The fraction of sp³-hybridized carbons (Fsp3) is 0.944. The van der Waals surface area contributed by atoms with Crippen molar-refractivity contribution in [1.82, 2.24) is 15.5 Å². The van der Waals surface area contributed by atoms with Crippen LogP contribution in [0.3, 0.4) is 0 Å². The van der Waals surface area contributed by atoms with Gasteiger partial charge in [-0.2, -0.15) is 0 Å². The lowest BCUT2D eigenvalue weighted by molar-refractivity contribution is 0.0323. The van der Waals surface area contributed by atoms with E-state index in [0.29, 0.717) is 12.0 Å². The van der Waals surface area contributed by atoms with Crippen LogP contribution in [0.5, 0.6) is 0 Å². The van der Waals surface area contributed by atoms with Crippen molar-refractivity contribution in [2.75, 3.05) is 72.3 Å². The van der Waals surface area contributed by atoms with Crippen LogP contribution in [0, 0.1) is 5.92 Å². The van der Waals surface area contributed by atoms with E-state index in [1.165, 1.54) is 0 Å². The number of ether oxygens (including phenoxy) is 3. The smallest absolute Gasteiger partial charge is 0.191 e. The highest BCUT2D eigenvalue weighted by atomic mass is 16.5. The molecule has 146 valence electrons. The number of hydrogen-bond acceptors (Lipinski definition) is 5. The third-order valence-electron chi connectivity index (χ3n) is 4.43. The van der Waals surface area contributed by atoms with Gasteiger partial charge in [-0.05, 0) is 25.7 Å². The number of nitrogens with zero attached hydrogens (tertiary/aromatic N) is 2. The highest BCUT2D eigenvalue weighted by Gasteiger charge is 2.15. The molecule has 0 aliphatic carbocycles. The Hall–Kier alpha value is -0.890. The van der Waals surface area contributed by atoms with Gasteiger partial charge in [-0.25, -0.2) is 0 Å². The summed E-state index contributed by atoms with van der Waals surface area (Å²) in [6, 6.07) is 0. The Morgan fingerprint density at radius 3 is 2.80 bits per heavy atom. The number of nitrogens with one attached hydrogen (secondary N) is 2. The van der Waals surface area contributed by atoms with Crippen LogP contribution in [0.1, 0.15) is 26.7 Å². The van der Waals surface area contributed by atoms with E-state index in [1.807, 2.05) is 0 Å². The molecule has 7 nitrogen and oxygen atoms in total. The van der Waals surface area contributed by atoms with Crippen LogP contribution in [0.2, 0.25) is 0 Å². The molecule has 0 aromatic heterocycles.